The van der Waals surface area contributed by atoms with Crippen molar-refractivity contribution in [2.45, 2.75) is 18.7 Å². The fourth-order valence-corrected chi connectivity index (χ4v) is 1.67. The minimum absolute atomic E-state index is 0.130. The molecule has 0 unspecified atom stereocenters. The predicted molar refractivity (Wildman–Crippen MR) is 53.0 cm³/mol. The Hall–Kier alpha value is -0.760. The van der Waals surface area contributed by atoms with Crippen molar-refractivity contribution < 1.29 is 4.79 Å². The number of hydrogen-bond donors (Lipinski definition) is 0. The largest absolute Gasteiger partial charge is 0.295 e. The summed E-state index contributed by atoms with van der Waals surface area (Å²) in [4.78, 5) is 12.2. The monoisotopic (exact) mass is 180 g/mol. The van der Waals surface area contributed by atoms with E-state index in [1.54, 1.807) is 18.7 Å². The van der Waals surface area contributed by atoms with Gasteiger partial charge in [0.1, 0.15) is 0 Å². The first-order valence-corrected chi connectivity index (χ1v) is 5.03. The summed E-state index contributed by atoms with van der Waals surface area (Å²) in [5.41, 5.74) is 2.03. The van der Waals surface area contributed by atoms with Crippen LogP contribution in [0, 0.1) is 6.92 Å². The zero-order chi connectivity index (χ0) is 9.14. The second-order valence-electron chi connectivity index (χ2n) is 2.74. The number of carbonyl (C=O) groups excluding carboxylic acids is 1. The van der Waals surface area contributed by atoms with Gasteiger partial charge >= 0.3 is 0 Å². The van der Waals surface area contributed by atoms with Gasteiger partial charge in [-0.2, -0.15) is 0 Å². The van der Waals surface area contributed by atoms with Crippen LogP contribution in [0.2, 0.25) is 0 Å². The molecule has 0 saturated heterocycles. The van der Waals surface area contributed by atoms with Crippen molar-refractivity contribution in [3.63, 3.8) is 0 Å². The zero-order valence-corrected chi connectivity index (χ0v) is 8.37. The van der Waals surface area contributed by atoms with Crippen molar-refractivity contribution in [1.82, 2.24) is 0 Å². The van der Waals surface area contributed by atoms with E-state index >= 15 is 0 Å². The molecule has 0 saturated carbocycles. The molecule has 0 amide bonds. The van der Waals surface area contributed by atoms with Crippen LogP contribution in [0.4, 0.5) is 0 Å². The smallest absolute Gasteiger partial charge is 0.159 e. The molecule has 0 spiro atoms. The molecule has 0 atom stereocenters. The number of thioether (sulfide) groups is 1. The van der Waals surface area contributed by atoms with Gasteiger partial charge in [0.05, 0.1) is 0 Å². The fraction of sp³-hybridized carbons (Fsp3) is 0.300. The summed E-state index contributed by atoms with van der Waals surface area (Å²) in [6.07, 6.45) is 2.02. The average molecular weight is 180 g/mol. The number of hydrogen-bond acceptors (Lipinski definition) is 2. The molecule has 0 aliphatic heterocycles. The standard InChI is InChI=1S/C10H12OS/c1-7-4-5-9(8(2)11)6-10(7)12-3/h4-6H,1-3H3. The molecule has 1 nitrogen and oxygen atoms in total. The summed E-state index contributed by atoms with van der Waals surface area (Å²) in [5.74, 6) is 0.130. The Balaban J connectivity index is 3.13. The Morgan fingerprint density at radius 3 is 2.58 bits per heavy atom. The number of Topliss-reactive ketones (excluding diaryl/α,β-unsaturated/α-hetero) is 1. The minimum Gasteiger partial charge on any atom is -0.295 e. The van der Waals surface area contributed by atoms with Crippen LogP contribution in [0.1, 0.15) is 22.8 Å². The lowest BCUT2D eigenvalue weighted by molar-refractivity contribution is 0.101. The van der Waals surface area contributed by atoms with Crippen LogP contribution in [0.5, 0.6) is 0 Å². The topological polar surface area (TPSA) is 17.1 Å². The number of carbonyl (C=O) groups is 1. The molecule has 12 heavy (non-hydrogen) atoms. The summed E-state index contributed by atoms with van der Waals surface area (Å²) < 4.78 is 0. The number of ketones is 1. The van der Waals surface area contributed by atoms with E-state index in [1.165, 1.54) is 10.5 Å². The van der Waals surface area contributed by atoms with Crippen LogP contribution in [0.25, 0.3) is 0 Å². The van der Waals surface area contributed by atoms with E-state index in [0.29, 0.717) is 0 Å². The van der Waals surface area contributed by atoms with E-state index < -0.39 is 0 Å². The van der Waals surface area contributed by atoms with Crippen molar-refractivity contribution in [1.29, 1.82) is 0 Å². The average Bonchev–Trinajstić information content (AvgIpc) is 2.05. The van der Waals surface area contributed by atoms with E-state index in [9.17, 15) is 4.79 Å². The van der Waals surface area contributed by atoms with Crippen LogP contribution in [-0.2, 0) is 0 Å². The Morgan fingerprint density at radius 1 is 1.42 bits per heavy atom. The van der Waals surface area contributed by atoms with Crippen LogP contribution in [0.15, 0.2) is 23.1 Å². The molecular weight excluding hydrogens is 168 g/mol. The van der Waals surface area contributed by atoms with Gasteiger partial charge < -0.3 is 0 Å². The van der Waals surface area contributed by atoms with E-state index in [0.717, 1.165) is 5.56 Å². The Bertz CT molecular complexity index is 305. The van der Waals surface area contributed by atoms with Crippen LogP contribution < -0.4 is 0 Å². The number of rotatable bonds is 2. The quantitative estimate of drug-likeness (QED) is 0.514. The van der Waals surface area contributed by atoms with Crippen molar-refractivity contribution in [3.05, 3.63) is 29.3 Å². The van der Waals surface area contributed by atoms with Gasteiger partial charge in [0.15, 0.2) is 5.78 Å². The summed E-state index contributed by atoms with van der Waals surface area (Å²) in [6.45, 7) is 3.64. The maximum Gasteiger partial charge on any atom is 0.159 e. The van der Waals surface area contributed by atoms with Gasteiger partial charge in [-0.3, -0.25) is 4.79 Å². The second kappa shape index (κ2) is 3.76. The van der Waals surface area contributed by atoms with Crippen LogP contribution >= 0.6 is 11.8 Å². The summed E-state index contributed by atoms with van der Waals surface area (Å²) >= 11 is 1.67. The number of aryl methyl sites for hydroxylation is 1. The normalized spacial score (nSPS) is 9.92. The number of benzene rings is 1. The van der Waals surface area contributed by atoms with Gasteiger partial charge in [0.25, 0.3) is 0 Å². The third-order valence-corrected chi connectivity index (χ3v) is 2.69. The molecule has 0 radical (unpaired) electrons. The molecule has 0 fully saturated rings. The summed E-state index contributed by atoms with van der Waals surface area (Å²) in [5, 5.41) is 0. The third kappa shape index (κ3) is 1.89. The zero-order valence-electron chi connectivity index (χ0n) is 7.55. The Morgan fingerprint density at radius 2 is 2.08 bits per heavy atom. The molecule has 0 bridgehead atoms. The van der Waals surface area contributed by atoms with E-state index in [2.05, 4.69) is 6.92 Å². The predicted octanol–water partition coefficient (Wildman–Crippen LogP) is 2.92. The van der Waals surface area contributed by atoms with E-state index in [-0.39, 0.29) is 5.78 Å². The van der Waals surface area contributed by atoms with Gasteiger partial charge in [0, 0.05) is 10.5 Å². The summed E-state index contributed by atoms with van der Waals surface area (Å²) in [6, 6.07) is 5.81. The van der Waals surface area contributed by atoms with Gasteiger partial charge in [-0.05, 0) is 31.7 Å². The highest BCUT2D eigenvalue weighted by molar-refractivity contribution is 7.98. The molecule has 1 aromatic rings. The van der Waals surface area contributed by atoms with Crippen molar-refractivity contribution in [2.75, 3.05) is 6.26 Å². The molecule has 0 heterocycles. The lowest BCUT2D eigenvalue weighted by atomic mass is 10.1. The van der Waals surface area contributed by atoms with Crippen LogP contribution in [0.3, 0.4) is 0 Å². The van der Waals surface area contributed by atoms with Crippen molar-refractivity contribution in [2.24, 2.45) is 0 Å². The highest BCUT2D eigenvalue weighted by Gasteiger charge is 2.01. The Labute approximate surface area is 77.2 Å². The molecule has 0 aliphatic carbocycles. The maximum absolute atomic E-state index is 11.0. The highest BCUT2D eigenvalue weighted by Crippen LogP contribution is 2.21. The highest BCUT2D eigenvalue weighted by atomic mass is 32.2. The van der Waals surface area contributed by atoms with Crippen molar-refractivity contribution in [3.8, 4) is 0 Å². The second-order valence-corrected chi connectivity index (χ2v) is 3.59. The molecule has 1 aromatic carbocycles. The SMILES string of the molecule is CSc1cc(C(C)=O)ccc1C. The summed E-state index contributed by atoms with van der Waals surface area (Å²) in [7, 11) is 0. The van der Waals surface area contributed by atoms with E-state index in [1.807, 2.05) is 24.5 Å². The van der Waals surface area contributed by atoms with Crippen LogP contribution in [-0.4, -0.2) is 12.0 Å². The lowest BCUT2D eigenvalue weighted by Crippen LogP contribution is -1.92. The third-order valence-electron chi connectivity index (χ3n) is 1.81. The molecule has 2 heteroatoms. The Kier molecular flexibility index (Phi) is 2.93. The maximum atomic E-state index is 11.0. The van der Waals surface area contributed by atoms with Gasteiger partial charge in [-0.1, -0.05) is 12.1 Å². The van der Waals surface area contributed by atoms with E-state index in [4.69, 9.17) is 0 Å². The molecule has 0 aromatic heterocycles. The molecule has 64 valence electrons. The first-order valence-electron chi connectivity index (χ1n) is 3.80. The first-order chi connectivity index (χ1) is 5.65. The van der Waals surface area contributed by atoms with Crippen molar-refractivity contribution >= 4 is 17.5 Å². The van der Waals surface area contributed by atoms with Gasteiger partial charge in [-0.25, -0.2) is 0 Å². The van der Waals surface area contributed by atoms with Gasteiger partial charge in [-0.15, -0.1) is 11.8 Å². The molecular formula is C10H12OS. The molecule has 0 aliphatic rings. The van der Waals surface area contributed by atoms with Gasteiger partial charge in [0.2, 0.25) is 0 Å². The first kappa shape index (κ1) is 9.33. The minimum atomic E-state index is 0.130. The molecule has 0 N–H and O–H groups in total. The lowest BCUT2D eigenvalue weighted by Gasteiger charge is -2.03. The molecule has 1 rings (SSSR count). The fourth-order valence-electron chi connectivity index (χ4n) is 1.04.